The lowest BCUT2D eigenvalue weighted by atomic mass is 10.1. The van der Waals surface area contributed by atoms with Gasteiger partial charge in [0.05, 0.1) is 0 Å². The van der Waals surface area contributed by atoms with E-state index >= 15 is 0 Å². The van der Waals surface area contributed by atoms with Crippen LogP contribution in [0.25, 0.3) is 0 Å². The van der Waals surface area contributed by atoms with E-state index in [1.807, 2.05) is 0 Å². The number of hydrogen-bond acceptors (Lipinski definition) is 1. The van der Waals surface area contributed by atoms with E-state index in [1.165, 1.54) is 24.0 Å². The molecule has 1 N–H and O–H groups in total. The van der Waals surface area contributed by atoms with Crippen LogP contribution < -0.4 is 5.32 Å². The third-order valence-corrected chi connectivity index (χ3v) is 2.58. The molecule has 0 aromatic heterocycles. The van der Waals surface area contributed by atoms with E-state index in [4.69, 9.17) is 0 Å². The van der Waals surface area contributed by atoms with Gasteiger partial charge >= 0.3 is 0 Å². The zero-order valence-electron chi connectivity index (χ0n) is 7.92. The summed E-state index contributed by atoms with van der Waals surface area (Å²) in [5, 5.41) is 3.50. The monoisotopic (exact) mass is 197 g/mol. The quantitative estimate of drug-likeness (QED) is 0.769. The molecule has 1 unspecified atom stereocenters. The number of rotatable bonds is 2. The molecule has 1 atom stereocenters. The van der Waals surface area contributed by atoms with E-state index in [-0.39, 0.29) is 12.4 Å². The van der Waals surface area contributed by atoms with Crippen molar-refractivity contribution in [2.24, 2.45) is 0 Å². The van der Waals surface area contributed by atoms with Gasteiger partial charge in [0.2, 0.25) is 0 Å². The van der Waals surface area contributed by atoms with E-state index in [1.54, 1.807) is 0 Å². The maximum atomic E-state index is 3.50. The Labute approximate surface area is 86.0 Å². The highest BCUT2D eigenvalue weighted by atomic mass is 35.5. The average molecular weight is 198 g/mol. The van der Waals surface area contributed by atoms with Crippen molar-refractivity contribution in [1.29, 1.82) is 0 Å². The van der Waals surface area contributed by atoms with Gasteiger partial charge in [0.1, 0.15) is 0 Å². The molecule has 1 aromatic rings. The second-order valence-electron chi connectivity index (χ2n) is 3.35. The maximum Gasteiger partial charge on any atom is 0.0326 e. The van der Waals surface area contributed by atoms with E-state index in [0.717, 1.165) is 6.54 Å². The van der Waals surface area contributed by atoms with Gasteiger partial charge in [-0.05, 0) is 30.5 Å². The Morgan fingerprint density at radius 1 is 1.38 bits per heavy atom. The summed E-state index contributed by atoms with van der Waals surface area (Å²) in [6.07, 6.45) is 2.51. The normalized spacial score (nSPS) is 19.3. The lowest BCUT2D eigenvalue weighted by Gasteiger charge is -2.11. The zero-order valence-corrected chi connectivity index (χ0v) is 8.73. The van der Waals surface area contributed by atoms with Crippen molar-refractivity contribution in [3.63, 3.8) is 0 Å². The molecule has 0 amide bonds. The first-order valence-corrected chi connectivity index (χ1v) is 4.73. The SMILES string of the molecule is CCNC1CCc2ccccc21.Cl. The molecular weight excluding hydrogens is 182 g/mol. The van der Waals surface area contributed by atoms with Gasteiger partial charge in [-0.3, -0.25) is 0 Å². The van der Waals surface area contributed by atoms with E-state index in [0.29, 0.717) is 6.04 Å². The predicted molar refractivity (Wildman–Crippen MR) is 58.4 cm³/mol. The highest BCUT2D eigenvalue weighted by Gasteiger charge is 2.19. The maximum absolute atomic E-state index is 3.50. The summed E-state index contributed by atoms with van der Waals surface area (Å²) in [5.74, 6) is 0. The highest BCUT2D eigenvalue weighted by Crippen LogP contribution is 2.30. The third kappa shape index (κ3) is 2.04. The first kappa shape index (κ1) is 10.6. The molecule has 0 spiro atoms. The van der Waals surface area contributed by atoms with Crippen LogP contribution in [0.4, 0.5) is 0 Å². The molecule has 0 fully saturated rings. The molecule has 72 valence electrons. The summed E-state index contributed by atoms with van der Waals surface area (Å²) in [4.78, 5) is 0. The van der Waals surface area contributed by atoms with Gasteiger partial charge in [0.15, 0.2) is 0 Å². The van der Waals surface area contributed by atoms with Gasteiger partial charge in [-0.25, -0.2) is 0 Å². The molecule has 0 bridgehead atoms. The summed E-state index contributed by atoms with van der Waals surface area (Å²) >= 11 is 0. The van der Waals surface area contributed by atoms with Crippen LogP contribution in [0.1, 0.15) is 30.5 Å². The second-order valence-corrected chi connectivity index (χ2v) is 3.35. The fraction of sp³-hybridized carbons (Fsp3) is 0.455. The van der Waals surface area contributed by atoms with Crippen LogP contribution in [0.5, 0.6) is 0 Å². The fourth-order valence-electron chi connectivity index (χ4n) is 2.02. The molecule has 0 aliphatic heterocycles. The minimum Gasteiger partial charge on any atom is -0.310 e. The number of fused-ring (bicyclic) bond motifs is 1. The molecular formula is C11H16ClN. The Kier molecular flexibility index (Phi) is 3.76. The van der Waals surface area contributed by atoms with Crippen molar-refractivity contribution in [2.75, 3.05) is 6.54 Å². The van der Waals surface area contributed by atoms with Gasteiger partial charge in [-0.1, -0.05) is 31.2 Å². The third-order valence-electron chi connectivity index (χ3n) is 2.58. The average Bonchev–Trinajstić information content (AvgIpc) is 2.50. The Morgan fingerprint density at radius 3 is 2.92 bits per heavy atom. The van der Waals surface area contributed by atoms with Crippen LogP contribution >= 0.6 is 12.4 Å². The minimum absolute atomic E-state index is 0. The summed E-state index contributed by atoms with van der Waals surface area (Å²) < 4.78 is 0. The van der Waals surface area contributed by atoms with Gasteiger partial charge < -0.3 is 5.32 Å². The van der Waals surface area contributed by atoms with Crippen molar-refractivity contribution >= 4 is 12.4 Å². The molecule has 0 radical (unpaired) electrons. The zero-order chi connectivity index (χ0) is 8.39. The Morgan fingerprint density at radius 2 is 2.15 bits per heavy atom. The minimum atomic E-state index is 0. The topological polar surface area (TPSA) is 12.0 Å². The molecule has 2 rings (SSSR count). The van der Waals surface area contributed by atoms with Crippen molar-refractivity contribution in [1.82, 2.24) is 5.32 Å². The Bertz CT molecular complexity index is 271. The summed E-state index contributed by atoms with van der Waals surface area (Å²) in [7, 11) is 0. The second kappa shape index (κ2) is 4.64. The van der Waals surface area contributed by atoms with Crippen molar-refractivity contribution in [2.45, 2.75) is 25.8 Å². The van der Waals surface area contributed by atoms with Crippen molar-refractivity contribution in [3.05, 3.63) is 35.4 Å². The predicted octanol–water partition coefficient (Wildman–Crippen LogP) is 2.71. The number of nitrogens with one attached hydrogen (secondary N) is 1. The van der Waals surface area contributed by atoms with Crippen LogP contribution in [0, 0.1) is 0 Å². The van der Waals surface area contributed by atoms with Gasteiger partial charge in [-0.15, -0.1) is 12.4 Å². The largest absolute Gasteiger partial charge is 0.310 e. The standard InChI is InChI=1S/C11H15N.ClH/c1-2-12-11-8-7-9-5-3-4-6-10(9)11;/h3-6,11-12H,2,7-8H2,1H3;1H. The molecule has 1 aromatic carbocycles. The van der Waals surface area contributed by atoms with E-state index in [9.17, 15) is 0 Å². The number of halogens is 1. The molecule has 1 aliphatic carbocycles. The summed E-state index contributed by atoms with van der Waals surface area (Å²) in [6, 6.07) is 9.37. The molecule has 1 aliphatic rings. The number of benzene rings is 1. The van der Waals surface area contributed by atoms with Crippen molar-refractivity contribution in [3.8, 4) is 0 Å². The summed E-state index contributed by atoms with van der Waals surface area (Å²) in [5.41, 5.74) is 3.04. The van der Waals surface area contributed by atoms with Crippen LogP contribution in [0.2, 0.25) is 0 Å². The van der Waals surface area contributed by atoms with Gasteiger partial charge in [-0.2, -0.15) is 0 Å². The molecule has 0 saturated carbocycles. The van der Waals surface area contributed by atoms with Crippen molar-refractivity contribution < 1.29 is 0 Å². The first-order valence-electron chi connectivity index (χ1n) is 4.73. The molecule has 0 saturated heterocycles. The first-order chi connectivity index (χ1) is 5.92. The lowest BCUT2D eigenvalue weighted by Crippen LogP contribution is -2.18. The lowest BCUT2D eigenvalue weighted by molar-refractivity contribution is 0.549. The van der Waals surface area contributed by atoms with E-state index < -0.39 is 0 Å². The van der Waals surface area contributed by atoms with Gasteiger partial charge in [0, 0.05) is 6.04 Å². The molecule has 0 heterocycles. The van der Waals surface area contributed by atoms with Crippen LogP contribution in [-0.4, -0.2) is 6.54 Å². The van der Waals surface area contributed by atoms with Gasteiger partial charge in [0.25, 0.3) is 0 Å². The molecule has 13 heavy (non-hydrogen) atoms. The van der Waals surface area contributed by atoms with E-state index in [2.05, 4.69) is 36.5 Å². The van der Waals surface area contributed by atoms with Crippen LogP contribution in [-0.2, 0) is 6.42 Å². The fourth-order valence-corrected chi connectivity index (χ4v) is 2.02. The number of aryl methyl sites for hydroxylation is 1. The Balaban J connectivity index is 0.000000845. The smallest absolute Gasteiger partial charge is 0.0326 e. The van der Waals surface area contributed by atoms with Crippen LogP contribution in [0.15, 0.2) is 24.3 Å². The number of hydrogen-bond donors (Lipinski definition) is 1. The highest BCUT2D eigenvalue weighted by molar-refractivity contribution is 5.85. The molecule has 1 nitrogen and oxygen atoms in total. The summed E-state index contributed by atoms with van der Waals surface area (Å²) in [6.45, 7) is 3.24. The van der Waals surface area contributed by atoms with Crippen LogP contribution in [0.3, 0.4) is 0 Å². The molecule has 2 heteroatoms. The Hall–Kier alpha value is -0.530.